The number of aromatic hydroxyl groups is 1. The van der Waals surface area contributed by atoms with Crippen LogP contribution in [0.4, 0.5) is 0 Å². The summed E-state index contributed by atoms with van der Waals surface area (Å²) in [4.78, 5) is 4.55. The average Bonchev–Trinajstić information content (AvgIpc) is 3.18. The first-order chi connectivity index (χ1) is 13.0. The van der Waals surface area contributed by atoms with E-state index in [1.807, 2.05) is 47.5 Å². The highest BCUT2D eigenvalue weighted by molar-refractivity contribution is 6.14. The lowest BCUT2D eigenvalue weighted by molar-refractivity contribution is 0.318. The van der Waals surface area contributed by atoms with Crippen molar-refractivity contribution < 1.29 is 10.3 Å². The lowest BCUT2D eigenvalue weighted by atomic mass is 10.1. The highest BCUT2D eigenvalue weighted by atomic mass is 16.4. The number of pyridine rings is 1. The van der Waals surface area contributed by atoms with Crippen molar-refractivity contribution >= 4 is 16.9 Å². The van der Waals surface area contributed by atoms with Gasteiger partial charge in [0.2, 0.25) is 0 Å². The molecule has 3 heterocycles. The summed E-state index contributed by atoms with van der Waals surface area (Å²) in [5, 5.41) is 23.1. The van der Waals surface area contributed by atoms with Gasteiger partial charge in [-0.2, -0.15) is 0 Å². The van der Waals surface area contributed by atoms with Crippen LogP contribution in [0.25, 0.3) is 28.1 Å². The van der Waals surface area contributed by atoms with Crippen LogP contribution in [-0.4, -0.2) is 30.3 Å². The van der Waals surface area contributed by atoms with E-state index in [-0.39, 0.29) is 11.6 Å². The molecule has 0 spiro atoms. The number of hydrogen-bond acceptors (Lipinski definition) is 4. The van der Waals surface area contributed by atoms with Gasteiger partial charge in [-0.1, -0.05) is 5.16 Å². The zero-order valence-corrected chi connectivity index (χ0v) is 15.0. The number of phenolic OH excluding ortho intramolecular Hbond substituents is 1. The zero-order chi connectivity index (χ0) is 19.1. The minimum Gasteiger partial charge on any atom is -0.508 e. The van der Waals surface area contributed by atoms with E-state index >= 15 is 0 Å². The summed E-state index contributed by atoms with van der Waals surface area (Å²) in [6.07, 6.45) is 3.67. The molecule has 1 aromatic carbocycles. The quantitative estimate of drug-likeness (QED) is 0.226. The van der Waals surface area contributed by atoms with Crippen molar-refractivity contribution in [3.63, 3.8) is 0 Å². The minimum absolute atomic E-state index is 0.0149. The summed E-state index contributed by atoms with van der Waals surface area (Å²) in [5.74, 6) is 0.192. The molecule has 4 rings (SSSR count). The second-order valence-electron chi connectivity index (χ2n) is 6.39. The molecule has 7 nitrogen and oxygen atoms in total. The van der Waals surface area contributed by atoms with E-state index in [2.05, 4.69) is 10.1 Å². The van der Waals surface area contributed by atoms with Crippen LogP contribution < -0.4 is 5.73 Å². The van der Waals surface area contributed by atoms with Crippen LogP contribution >= 0.6 is 0 Å². The monoisotopic (exact) mass is 361 g/mol. The van der Waals surface area contributed by atoms with Crippen molar-refractivity contribution in [3.8, 4) is 22.8 Å². The summed E-state index contributed by atoms with van der Waals surface area (Å²) in [7, 11) is 1.95. The maximum Gasteiger partial charge on any atom is 0.173 e. The lowest BCUT2D eigenvalue weighted by Crippen LogP contribution is -2.15. The lowest BCUT2D eigenvalue weighted by Gasteiger charge is -2.14. The van der Waals surface area contributed by atoms with Crippen LogP contribution in [-0.2, 0) is 7.05 Å². The Labute approximate surface area is 155 Å². The molecular formula is C20H19N5O2. The molecule has 0 aliphatic carbocycles. The summed E-state index contributed by atoms with van der Waals surface area (Å²) in [5.41, 5.74) is 10.9. The first kappa shape index (κ1) is 16.7. The normalized spacial score (nSPS) is 12.0. The van der Waals surface area contributed by atoms with Crippen LogP contribution in [0.15, 0.2) is 60.0 Å². The Morgan fingerprint density at radius 3 is 2.48 bits per heavy atom. The van der Waals surface area contributed by atoms with Gasteiger partial charge < -0.3 is 20.6 Å². The van der Waals surface area contributed by atoms with E-state index in [9.17, 15) is 10.3 Å². The van der Waals surface area contributed by atoms with Crippen molar-refractivity contribution in [2.45, 2.75) is 6.92 Å². The average molecular weight is 361 g/mol. The SMILES string of the molecule is Cc1ccn(C)c1-c1c(/C(N)=N/O)c2cccnc2n1-c1ccc(O)cc1. The van der Waals surface area contributed by atoms with E-state index in [1.165, 1.54) is 0 Å². The Hall–Kier alpha value is -3.74. The van der Waals surface area contributed by atoms with E-state index in [0.717, 1.165) is 28.0 Å². The molecule has 136 valence electrons. The fourth-order valence-corrected chi connectivity index (χ4v) is 3.51. The molecule has 0 amide bonds. The van der Waals surface area contributed by atoms with E-state index in [0.29, 0.717) is 11.2 Å². The van der Waals surface area contributed by atoms with Crippen molar-refractivity contribution in [2.24, 2.45) is 17.9 Å². The Morgan fingerprint density at radius 2 is 1.85 bits per heavy atom. The number of amidine groups is 1. The zero-order valence-electron chi connectivity index (χ0n) is 15.0. The Morgan fingerprint density at radius 1 is 1.11 bits per heavy atom. The second kappa shape index (κ2) is 6.21. The molecule has 0 atom stereocenters. The summed E-state index contributed by atoms with van der Waals surface area (Å²) < 4.78 is 3.96. The fourth-order valence-electron chi connectivity index (χ4n) is 3.51. The molecular weight excluding hydrogens is 342 g/mol. The molecule has 3 aromatic heterocycles. The van der Waals surface area contributed by atoms with Gasteiger partial charge in [0, 0.05) is 30.5 Å². The molecule has 0 fully saturated rings. The Kier molecular flexibility index (Phi) is 3.84. The third kappa shape index (κ3) is 2.52. The van der Waals surface area contributed by atoms with Crippen LogP contribution in [0.1, 0.15) is 11.1 Å². The van der Waals surface area contributed by atoms with Crippen molar-refractivity contribution in [2.75, 3.05) is 0 Å². The molecule has 0 radical (unpaired) electrons. The van der Waals surface area contributed by atoms with Gasteiger partial charge in [-0.15, -0.1) is 0 Å². The third-order valence-corrected chi connectivity index (χ3v) is 4.70. The molecule has 0 aliphatic rings. The van der Waals surface area contributed by atoms with Crippen molar-refractivity contribution in [3.05, 3.63) is 66.0 Å². The number of oxime groups is 1. The molecule has 0 aliphatic heterocycles. The van der Waals surface area contributed by atoms with Gasteiger partial charge in [-0.3, -0.25) is 4.57 Å². The molecule has 7 heteroatoms. The van der Waals surface area contributed by atoms with Gasteiger partial charge in [0.15, 0.2) is 5.84 Å². The van der Waals surface area contributed by atoms with Gasteiger partial charge >= 0.3 is 0 Å². The van der Waals surface area contributed by atoms with Crippen LogP contribution in [0.5, 0.6) is 5.75 Å². The van der Waals surface area contributed by atoms with Crippen molar-refractivity contribution in [1.82, 2.24) is 14.1 Å². The van der Waals surface area contributed by atoms with Crippen LogP contribution in [0.2, 0.25) is 0 Å². The molecule has 4 N–H and O–H groups in total. The number of aryl methyl sites for hydroxylation is 2. The number of aromatic nitrogens is 3. The van der Waals surface area contributed by atoms with Crippen molar-refractivity contribution in [1.29, 1.82) is 0 Å². The maximum absolute atomic E-state index is 9.69. The number of benzene rings is 1. The van der Waals surface area contributed by atoms with Gasteiger partial charge in [-0.05, 0) is 55.0 Å². The predicted molar refractivity (Wildman–Crippen MR) is 104 cm³/mol. The number of nitrogens with two attached hydrogens (primary N) is 1. The highest BCUT2D eigenvalue weighted by Gasteiger charge is 2.25. The number of rotatable bonds is 3. The summed E-state index contributed by atoms with van der Waals surface area (Å²) in [6, 6.07) is 12.6. The fraction of sp³-hybridized carbons (Fsp3) is 0.100. The van der Waals surface area contributed by atoms with E-state index in [1.54, 1.807) is 30.5 Å². The third-order valence-electron chi connectivity index (χ3n) is 4.70. The summed E-state index contributed by atoms with van der Waals surface area (Å²) in [6.45, 7) is 2.01. The van der Waals surface area contributed by atoms with Crippen LogP contribution in [0, 0.1) is 6.92 Å². The first-order valence-electron chi connectivity index (χ1n) is 8.42. The minimum atomic E-state index is 0.0149. The van der Waals surface area contributed by atoms with Gasteiger partial charge in [0.25, 0.3) is 0 Å². The smallest absolute Gasteiger partial charge is 0.173 e. The first-order valence-corrected chi connectivity index (χ1v) is 8.42. The molecule has 0 saturated carbocycles. The summed E-state index contributed by atoms with van der Waals surface area (Å²) >= 11 is 0. The second-order valence-corrected chi connectivity index (χ2v) is 6.39. The Balaban J connectivity index is 2.22. The highest BCUT2D eigenvalue weighted by Crippen LogP contribution is 2.37. The number of fused-ring (bicyclic) bond motifs is 1. The molecule has 0 bridgehead atoms. The van der Waals surface area contributed by atoms with Gasteiger partial charge in [0.1, 0.15) is 11.4 Å². The Bertz CT molecular complexity index is 1150. The molecule has 0 unspecified atom stereocenters. The standard InChI is InChI=1S/C20H19N5O2/c1-12-9-11-24(2)17(12)18-16(19(21)23-27)15-4-3-10-22-20(15)25(18)13-5-7-14(26)8-6-13/h3-11,26-27H,1-2H3,(H2,21,23). The largest absolute Gasteiger partial charge is 0.508 e. The predicted octanol–water partition coefficient (Wildman–Crippen LogP) is 3.14. The van der Waals surface area contributed by atoms with E-state index in [4.69, 9.17) is 5.73 Å². The molecule has 27 heavy (non-hydrogen) atoms. The van der Waals surface area contributed by atoms with Gasteiger partial charge in [0.05, 0.1) is 17.0 Å². The van der Waals surface area contributed by atoms with Crippen LogP contribution in [0.3, 0.4) is 0 Å². The number of nitrogens with zero attached hydrogens (tertiary/aromatic N) is 4. The van der Waals surface area contributed by atoms with Gasteiger partial charge in [-0.25, -0.2) is 4.98 Å². The molecule has 4 aromatic rings. The molecule has 0 saturated heterocycles. The number of phenols is 1. The topological polar surface area (TPSA) is 102 Å². The maximum atomic E-state index is 9.69. The number of hydrogen-bond donors (Lipinski definition) is 3. The van der Waals surface area contributed by atoms with E-state index < -0.39 is 0 Å².